The van der Waals surface area contributed by atoms with Gasteiger partial charge in [-0.05, 0) is 19.3 Å². The van der Waals surface area contributed by atoms with Crippen LogP contribution in [0.2, 0.25) is 0 Å². The lowest BCUT2D eigenvalue weighted by atomic mass is 9.88. The molecule has 0 heterocycles. The van der Waals surface area contributed by atoms with Crippen molar-refractivity contribution < 1.29 is 12.6 Å². The summed E-state index contributed by atoms with van der Waals surface area (Å²) >= 11 is 0. The molecule has 0 spiro atoms. The quantitative estimate of drug-likeness (QED) is 0.121. The van der Waals surface area contributed by atoms with Crippen molar-refractivity contribution in [1.82, 2.24) is 6.15 Å². The van der Waals surface area contributed by atoms with Gasteiger partial charge in [-0.3, -0.25) is 4.18 Å². The van der Waals surface area contributed by atoms with Crippen LogP contribution in [-0.2, 0) is 14.3 Å². The van der Waals surface area contributed by atoms with E-state index in [1.54, 1.807) is 0 Å². The molecule has 0 aromatic heterocycles. The molecule has 0 fully saturated rings. The van der Waals surface area contributed by atoms with Gasteiger partial charge in [-0.25, -0.2) is 0 Å². The normalized spacial score (nSPS) is 12.1. The summed E-state index contributed by atoms with van der Waals surface area (Å²) in [6.45, 7) is 6.70. The fourth-order valence-corrected chi connectivity index (χ4v) is 6.15. The van der Waals surface area contributed by atoms with Crippen LogP contribution in [0.1, 0.15) is 156 Å². The molecule has 0 bridgehead atoms. The largest absolute Gasteiger partial charge is 0.344 e. The third-order valence-electron chi connectivity index (χ3n) is 6.71. The third-order valence-corrected chi connectivity index (χ3v) is 8.82. The van der Waals surface area contributed by atoms with E-state index < -0.39 is 14.9 Å². The van der Waals surface area contributed by atoms with Crippen LogP contribution in [-0.4, -0.2) is 20.3 Å². The van der Waals surface area contributed by atoms with Crippen LogP contribution in [0.25, 0.3) is 0 Å². The molecule has 0 rings (SSSR count). The number of unbranched alkanes of at least 4 members (excludes halogenated alkanes) is 15. The smallest absolute Gasteiger partial charge is 0.272 e. The highest BCUT2D eigenvalue weighted by Crippen LogP contribution is 2.37. The Morgan fingerprint density at radius 1 is 0.516 bits per heavy atom. The Bertz CT molecular complexity index is 424. The number of hydrogen-bond donors (Lipinski definition) is 1. The van der Waals surface area contributed by atoms with Crippen molar-refractivity contribution in [2.24, 2.45) is 0 Å². The summed E-state index contributed by atoms with van der Waals surface area (Å²) in [5, 5.41) is 0. The van der Waals surface area contributed by atoms with Gasteiger partial charge in [0.05, 0.1) is 11.9 Å². The van der Waals surface area contributed by atoms with Crippen molar-refractivity contribution in [1.29, 1.82) is 0 Å². The molecule has 0 radical (unpaired) electrons. The van der Waals surface area contributed by atoms with Gasteiger partial charge in [-0.1, -0.05) is 136 Å². The molecule has 0 aliphatic carbocycles. The molecule has 0 saturated heterocycles. The monoisotopic (exact) mass is 463 g/mol. The Morgan fingerprint density at radius 2 is 0.774 bits per heavy atom. The van der Waals surface area contributed by atoms with E-state index in [0.717, 1.165) is 57.8 Å². The van der Waals surface area contributed by atoms with E-state index in [2.05, 4.69) is 20.8 Å². The first kappa shape index (κ1) is 33.0. The Morgan fingerprint density at radius 3 is 1.03 bits per heavy atom. The zero-order chi connectivity index (χ0) is 22.6. The predicted molar refractivity (Wildman–Crippen MR) is 138 cm³/mol. The molecule has 5 heteroatoms. The van der Waals surface area contributed by atoms with E-state index in [0.29, 0.717) is 0 Å². The van der Waals surface area contributed by atoms with Crippen LogP contribution >= 0.6 is 0 Å². The molecule has 4 nitrogen and oxygen atoms in total. The van der Waals surface area contributed by atoms with E-state index in [-0.39, 0.29) is 6.15 Å². The summed E-state index contributed by atoms with van der Waals surface area (Å²) in [6, 6.07) is 0. The molecule has 0 saturated carbocycles. The van der Waals surface area contributed by atoms with Gasteiger partial charge in [0.15, 0.2) is 0 Å². The average molecular weight is 464 g/mol. The number of hydrogen-bond acceptors (Lipinski definition) is 4. The Kier molecular flexibility index (Phi) is 23.1. The fourth-order valence-electron chi connectivity index (χ4n) is 4.61. The van der Waals surface area contributed by atoms with Gasteiger partial charge in [0.1, 0.15) is 0 Å². The lowest BCUT2D eigenvalue weighted by Crippen LogP contribution is -2.39. The van der Waals surface area contributed by atoms with Crippen molar-refractivity contribution in [3.8, 4) is 0 Å². The maximum Gasteiger partial charge on any atom is 0.272 e. The highest BCUT2D eigenvalue weighted by atomic mass is 32.2. The maximum absolute atomic E-state index is 13.1. The molecule has 0 aromatic carbocycles. The molecular weight excluding hydrogens is 406 g/mol. The van der Waals surface area contributed by atoms with Crippen molar-refractivity contribution in [3.05, 3.63) is 0 Å². The molecule has 0 atom stereocenters. The highest BCUT2D eigenvalue weighted by molar-refractivity contribution is 7.88. The molecular formula is C26H57NO3S. The molecule has 0 unspecified atom stereocenters. The standard InChI is InChI=1S/C26H54O3S.H3N/c1-5-8-11-14-17-20-23-26(30(27,28)29-4,24-21-18-15-12-9-6-2)25-22-19-16-13-10-7-3;/h5-25H2,1-4H3;1H3. The first-order valence-corrected chi connectivity index (χ1v) is 14.7. The summed E-state index contributed by atoms with van der Waals surface area (Å²) in [4.78, 5) is 0. The molecule has 0 amide bonds. The van der Waals surface area contributed by atoms with E-state index in [1.165, 1.54) is 84.2 Å². The highest BCUT2D eigenvalue weighted by Gasteiger charge is 2.42. The van der Waals surface area contributed by atoms with Gasteiger partial charge in [-0.2, -0.15) is 8.42 Å². The lowest BCUT2D eigenvalue weighted by Gasteiger charge is -2.33. The van der Waals surface area contributed by atoms with Gasteiger partial charge in [0.2, 0.25) is 0 Å². The van der Waals surface area contributed by atoms with Crippen LogP contribution < -0.4 is 6.15 Å². The van der Waals surface area contributed by atoms with Gasteiger partial charge >= 0.3 is 0 Å². The van der Waals surface area contributed by atoms with Crippen molar-refractivity contribution >= 4 is 10.1 Å². The molecule has 190 valence electrons. The summed E-state index contributed by atoms with van der Waals surface area (Å²) in [7, 11) is -2.15. The minimum absolute atomic E-state index is 0. The van der Waals surface area contributed by atoms with Crippen molar-refractivity contribution in [3.63, 3.8) is 0 Å². The molecule has 3 N–H and O–H groups in total. The second-order valence-electron chi connectivity index (χ2n) is 9.36. The van der Waals surface area contributed by atoms with Crippen LogP contribution in [0.15, 0.2) is 0 Å². The van der Waals surface area contributed by atoms with E-state index in [1.807, 2.05) is 0 Å². The SMILES string of the molecule is CCCCCCCCC(CCCCCCCC)(CCCCCCCC)S(=O)(=O)OC.N. The summed E-state index contributed by atoms with van der Waals surface area (Å²) in [5.74, 6) is 0. The second-order valence-corrected chi connectivity index (χ2v) is 11.5. The van der Waals surface area contributed by atoms with Crippen LogP contribution in [0, 0.1) is 0 Å². The maximum atomic E-state index is 13.1. The Hall–Kier alpha value is -0.130. The first-order chi connectivity index (χ1) is 14.5. The summed E-state index contributed by atoms with van der Waals surface area (Å²) < 4.78 is 30.7. The average Bonchev–Trinajstić information content (AvgIpc) is 2.74. The van der Waals surface area contributed by atoms with E-state index in [9.17, 15) is 8.42 Å². The fraction of sp³-hybridized carbons (Fsp3) is 1.00. The van der Waals surface area contributed by atoms with E-state index >= 15 is 0 Å². The lowest BCUT2D eigenvalue weighted by molar-refractivity contribution is 0.315. The minimum atomic E-state index is -3.51. The third kappa shape index (κ3) is 15.4. The molecule has 0 aliphatic rings. The topological polar surface area (TPSA) is 78.4 Å². The van der Waals surface area contributed by atoms with Gasteiger partial charge in [0, 0.05) is 0 Å². The van der Waals surface area contributed by atoms with Crippen molar-refractivity contribution in [2.45, 2.75) is 160 Å². The van der Waals surface area contributed by atoms with Gasteiger partial charge < -0.3 is 6.15 Å². The summed E-state index contributed by atoms with van der Waals surface area (Å²) in [6.07, 6.45) is 23.9. The summed E-state index contributed by atoms with van der Waals surface area (Å²) in [5.41, 5.74) is 0. The zero-order valence-corrected chi connectivity index (χ0v) is 22.5. The van der Waals surface area contributed by atoms with Crippen molar-refractivity contribution in [2.75, 3.05) is 7.11 Å². The second kappa shape index (κ2) is 21.7. The molecule has 0 aromatic rings. The van der Waals surface area contributed by atoms with E-state index in [4.69, 9.17) is 4.18 Å². The van der Waals surface area contributed by atoms with Gasteiger partial charge in [-0.15, -0.1) is 0 Å². The van der Waals surface area contributed by atoms with Crippen LogP contribution in [0.5, 0.6) is 0 Å². The number of rotatable bonds is 23. The van der Waals surface area contributed by atoms with Crippen LogP contribution in [0.4, 0.5) is 0 Å². The molecule has 31 heavy (non-hydrogen) atoms. The van der Waals surface area contributed by atoms with Gasteiger partial charge in [0.25, 0.3) is 10.1 Å². The minimum Gasteiger partial charge on any atom is -0.344 e. The first-order valence-electron chi connectivity index (χ1n) is 13.3. The Balaban J connectivity index is 0. The van der Waals surface area contributed by atoms with Crippen LogP contribution in [0.3, 0.4) is 0 Å². The molecule has 0 aliphatic heterocycles. The predicted octanol–water partition coefficient (Wildman–Crippen LogP) is 9.12. The zero-order valence-electron chi connectivity index (χ0n) is 21.7. The Labute approximate surface area is 196 Å².